The molecule has 0 aliphatic carbocycles. The molecule has 2 heterocycles. The van der Waals surface area contributed by atoms with Crippen LogP contribution in [0.15, 0.2) is 24.7 Å². The van der Waals surface area contributed by atoms with Gasteiger partial charge in [0, 0.05) is 12.7 Å². The first kappa shape index (κ1) is 11.4. The molecule has 2 rings (SSSR count). The number of anilines is 1. The van der Waals surface area contributed by atoms with Crippen LogP contribution in [-0.4, -0.2) is 19.7 Å². The van der Waals surface area contributed by atoms with Crippen molar-refractivity contribution in [2.24, 2.45) is 0 Å². The van der Waals surface area contributed by atoms with Gasteiger partial charge in [0.15, 0.2) is 17.4 Å². The summed E-state index contributed by atoms with van der Waals surface area (Å²) in [5.41, 5.74) is 5.68. The monoisotopic (exact) mass is 233 g/mol. The molecule has 0 atom stereocenters. The third kappa shape index (κ3) is 2.72. The Morgan fingerprint density at radius 3 is 3.06 bits per heavy atom. The molecule has 6 nitrogen and oxygen atoms in total. The average Bonchev–Trinajstić information content (AvgIpc) is 2.76. The summed E-state index contributed by atoms with van der Waals surface area (Å²) in [4.78, 5) is 8.09. The van der Waals surface area contributed by atoms with E-state index in [1.165, 1.54) is 6.33 Å². The summed E-state index contributed by atoms with van der Waals surface area (Å²) in [6, 6.07) is 3.56. The number of nitrogens with two attached hydrogens (primary N) is 1. The van der Waals surface area contributed by atoms with E-state index in [4.69, 9.17) is 10.5 Å². The van der Waals surface area contributed by atoms with Gasteiger partial charge >= 0.3 is 0 Å². The van der Waals surface area contributed by atoms with E-state index >= 15 is 0 Å². The van der Waals surface area contributed by atoms with Gasteiger partial charge in [0.2, 0.25) is 0 Å². The fraction of sp³-hybridized carbons (Fsp3) is 0.364. The molecular weight excluding hydrogens is 218 g/mol. The largest absolute Gasteiger partial charge is 0.482 e. The Morgan fingerprint density at radius 2 is 2.29 bits per heavy atom. The Hall–Kier alpha value is -2.11. The zero-order chi connectivity index (χ0) is 12.1. The maximum absolute atomic E-state index is 5.68. The first-order valence-corrected chi connectivity index (χ1v) is 5.51. The normalized spacial score (nSPS) is 10.4. The third-order valence-electron chi connectivity index (χ3n) is 2.29. The molecule has 90 valence electrons. The zero-order valence-corrected chi connectivity index (χ0v) is 9.71. The summed E-state index contributed by atoms with van der Waals surface area (Å²) >= 11 is 0. The minimum atomic E-state index is 0.343. The van der Waals surface area contributed by atoms with Gasteiger partial charge < -0.3 is 10.5 Å². The molecule has 2 N–H and O–H groups in total. The molecule has 2 aromatic rings. The van der Waals surface area contributed by atoms with Crippen LogP contribution in [0.1, 0.15) is 19.2 Å². The topological polar surface area (TPSA) is 78.8 Å². The standard InChI is InChI=1S/C11H15N5O/c1-2-6-16-10(14-8-15-16)7-17-9-4-3-5-13-11(9)12/h3-5,8H,2,6-7H2,1H3,(H2,12,13). The van der Waals surface area contributed by atoms with Crippen LogP contribution in [0.2, 0.25) is 0 Å². The highest BCUT2D eigenvalue weighted by atomic mass is 16.5. The van der Waals surface area contributed by atoms with Crippen LogP contribution in [0, 0.1) is 0 Å². The van der Waals surface area contributed by atoms with Crippen LogP contribution in [-0.2, 0) is 13.2 Å². The molecule has 0 aromatic carbocycles. The van der Waals surface area contributed by atoms with Crippen molar-refractivity contribution in [1.82, 2.24) is 19.7 Å². The number of hydrogen-bond acceptors (Lipinski definition) is 5. The van der Waals surface area contributed by atoms with Crippen molar-refractivity contribution in [2.45, 2.75) is 26.5 Å². The van der Waals surface area contributed by atoms with Crippen molar-refractivity contribution in [3.05, 3.63) is 30.5 Å². The van der Waals surface area contributed by atoms with E-state index < -0.39 is 0 Å². The Labute approximate surface area is 99.4 Å². The fourth-order valence-corrected chi connectivity index (χ4v) is 1.47. The van der Waals surface area contributed by atoms with E-state index in [0.29, 0.717) is 18.2 Å². The van der Waals surface area contributed by atoms with E-state index in [1.807, 2.05) is 4.68 Å². The van der Waals surface area contributed by atoms with Crippen molar-refractivity contribution >= 4 is 5.82 Å². The first-order valence-electron chi connectivity index (χ1n) is 5.51. The summed E-state index contributed by atoms with van der Waals surface area (Å²) in [5.74, 6) is 1.74. The average molecular weight is 233 g/mol. The first-order chi connectivity index (χ1) is 8.31. The van der Waals surface area contributed by atoms with Gasteiger partial charge in [0.25, 0.3) is 0 Å². The number of nitrogens with zero attached hydrogens (tertiary/aromatic N) is 4. The highest BCUT2D eigenvalue weighted by molar-refractivity contribution is 5.44. The fourth-order valence-electron chi connectivity index (χ4n) is 1.47. The Balaban J connectivity index is 2.02. The molecule has 0 amide bonds. The van der Waals surface area contributed by atoms with Crippen molar-refractivity contribution in [1.29, 1.82) is 0 Å². The van der Waals surface area contributed by atoms with Crippen molar-refractivity contribution in [3.63, 3.8) is 0 Å². The molecule has 0 aliphatic heterocycles. The second-order valence-corrected chi connectivity index (χ2v) is 3.57. The van der Waals surface area contributed by atoms with Gasteiger partial charge in [-0.15, -0.1) is 0 Å². The molecule has 0 saturated carbocycles. The zero-order valence-electron chi connectivity index (χ0n) is 9.71. The van der Waals surface area contributed by atoms with E-state index in [1.54, 1.807) is 18.3 Å². The molecule has 0 spiro atoms. The van der Waals surface area contributed by atoms with Gasteiger partial charge in [-0.1, -0.05) is 6.92 Å². The van der Waals surface area contributed by atoms with Gasteiger partial charge in [-0.05, 0) is 18.6 Å². The number of rotatable bonds is 5. The van der Waals surface area contributed by atoms with E-state index in [-0.39, 0.29) is 0 Å². The van der Waals surface area contributed by atoms with Gasteiger partial charge in [-0.3, -0.25) is 0 Å². The summed E-state index contributed by atoms with van der Waals surface area (Å²) in [6.07, 6.45) is 4.16. The molecule has 0 fully saturated rings. The minimum Gasteiger partial charge on any atom is -0.482 e. The molecule has 0 aliphatic rings. The van der Waals surface area contributed by atoms with Gasteiger partial charge in [0.1, 0.15) is 12.9 Å². The number of ether oxygens (including phenoxy) is 1. The summed E-state index contributed by atoms with van der Waals surface area (Å²) in [7, 11) is 0. The maximum atomic E-state index is 5.68. The predicted molar refractivity (Wildman–Crippen MR) is 63.3 cm³/mol. The quantitative estimate of drug-likeness (QED) is 0.840. The van der Waals surface area contributed by atoms with Crippen LogP contribution in [0.3, 0.4) is 0 Å². The van der Waals surface area contributed by atoms with Crippen molar-refractivity contribution in [2.75, 3.05) is 5.73 Å². The van der Waals surface area contributed by atoms with Crippen LogP contribution in [0.25, 0.3) is 0 Å². The summed E-state index contributed by atoms with van der Waals surface area (Å²) < 4.78 is 7.38. The Morgan fingerprint density at radius 1 is 1.41 bits per heavy atom. The molecule has 0 unspecified atom stereocenters. The van der Waals surface area contributed by atoms with Crippen LogP contribution in [0.5, 0.6) is 5.75 Å². The molecular formula is C11H15N5O. The lowest BCUT2D eigenvalue weighted by Gasteiger charge is -2.08. The molecule has 0 bridgehead atoms. The number of aromatic nitrogens is 4. The maximum Gasteiger partial charge on any atom is 0.166 e. The second kappa shape index (κ2) is 5.29. The molecule has 0 radical (unpaired) electrons. The summed E-state index contributed by atoms with van der Waals surface area (Å²) in [5, 5.41) is 4.12. The van der Waals surface area contributed by atoms with Gasteiger partial charge in [0.05, 0.1) is 0 Å². The molecule has 17 heavy (non-hydrogen) atoms. The van der Waals surface area contributed by atoms with E-state index in [9.17, 15) is 0 Å². The van der Waals surface area contributed by atoms with E-state index in [0.717, 1.165) is 18.8 Å². The summed E-state index contributed by atoms with van der Waals surface area (Å²) in [6.45, 7) is 3.27. The number of pyridine rings is 1. The lowest BCUT2D eigenvalue weighted by atomic mass is 10.4. The SMILES string of the molecule is CCCn1ncnc1COc1cccnc1N. The number of hydrogen-bond donors (Lipinski definition) is 1. The van der Waals surface area contributed by atoms with Crippen molar-refractivity contribution in [3.8, 4) is 5.75 Å². The van der Waals surface area contributed by atoms with E-state index in [2.05, 4.69) is 22.0 Å². The Kier molecular flexibility index (Phi) is 3.54. The number of aryl methyl sites for hydroxylation is 1. The highest BCUT2D eigenvalue weighted by Gasteiger charge is 2.06. The second-order valence-electron chi connectivity index (χ2n) is 3.57. The van der Waals surface area contributed by atoms with Crippen molar-refractivity contribution < 1.29 is 4.74 Å². The molecule has 2 aromatic heterocycles. The van der Waals surface area contributed by atoms with Crippen LogP contribution in [0.4, 0.5) is 5.82 Å². The number of nitrogen functional groups attached to an aromatic ring is 1. The Bertz CT molecular complexity index is 482. The lowest BCUT2D eigenvalue weighted by molar-refractivity contribution is 0.287. The lowest BCUT2D eigenvalue weighted by Crippen LogP contribution is -2.09. The molecule has 6 heteroatoms. The van der Waals surface area contributed by atoms with Crippen LogP contribution >= 0.6 is 0 Å². The van der Waals surface area contributed by atoms with Crippen LogP contribution < -0.4 is 10.5 Å². The third-order valence-corrected chi connectivity index (χ3v) is 2.29. The molecule has 0 saturated heterocycles. The van der Waals surface area contributed by atoms with Gasteiger partial charge in [-0.2, -0.15) is 5.10 Å². The predicted octanol–water partition coefficient (Wildman–Crippen LogP) is 1.24. The van der Waals surface area contributed by atoms with Gasteiger partial charge in [-0.25, -0.2) is 14.6 Å². The highest BCUT2D eigenvalue weighted by Crippen LogP contribution is 2.17. The minimum absolute atomic E-state index is 0.343. The smallest absolute Gasteiger partial charge is 0.166 e.